The van der Waals surface area contributed by atoms with E-state index < -0.39 is 0 Å². The summed E-state index contributed by atoms with van der Waals surface area (Å²) in [5.74, 6) is 6.91. The number of carbonyl (C=O) groups excluding carboxylic acids is 1. The fourth-order valence-electron chi connectivity index (χ4n) is 4.85. The molecule has 0 saturated carbocycles. The standard InChI is InChI=1S/C26H30N2O2/c1-2-25(30)27-16-6-7-17-28-23(18-27)26(24(28)19-29)22-14-12-21(13-15-22)11-10-20-8-4-3-5-9-20/h3-5,8-9,12-15,23-24,26,29H,2,6-7,16-19H2,1H3/t23-,24+,26-/m0/s1. The quantitative estimate of drug-likeness (QED) is 0.802. The van der Waals surface area contributed by atoms with Gasteiger partial charge in [0.15, 0.2) is 0 Å². The third-order valence-electron chi connectivity index (χ3n) is 6.45. The van der Waals surface area contributed by atoms with Crippen molar-refractivity contribution in [2.45, 2.75) is 44.2 Å². The Morgan fingerprint density at radius 2 is 1.67 bits per heavy atom. The summed E-state index contributed by atoms with van der Waals surface area (Å²) in [7, 11) is 0. The lowest BCUT2D eigenvalue weighted by molar-refractivity contribution is -0.136. The molecule has 0 unspecified atom stereocenters. The molecule has 2 fully saturated rings. The van der Waals surface area contributed by atoms with E-state index in [4.69, 9.17) is 0 Å². The van der Waals surface area contributed by atoms with Gasteiger partial charge in [-0.05, 0) is 49.2 Å². The van der Waals surface area contributed by atoms with Gasteiger partial charge in [0, 0.05) is 48.6 Å². The van der Waals surface area contributed by atoms with Gasteiger partial charge in [-0.1, -0.05) is 49.1 Å². The molecule has 1 amide bonds. The zero-order valence-electron chi connectivity index (χ0n) is 17.6. The number of carbonyl (C=O) groups is 1. The molecule has 2 aromatic carbocycles. The number of hydrogen-bond acceptors (Lipinski definition) is 3. The molecule has 4 rings (SSSR count). The molecule has 4 nitrogen and oxygen atoms in total. The second kappa shape index (κ2) is 9.47. The summed E-state index contributed by atoms with van der Waals surface area (Å²) in [6, 6.07) is 18.8. The van der Waals surface area contributed by atoms with Crippen LogP contribution in [-0.4, -0.2) is 59.1 Å². The van der Waals surface area contributed by atoms with Gasteiger partial charge in [-0.25, -0.2) is 0 Å². The minimum absolute atomic E-state index is 0.132. The molecule has 2 aromatic rings. The minimum atomic E-state index is 0.132. The van der Waals surface area contributed by atoms with Crippen molar-refractivity contribution in [1.29, 1.82) is 0 Å². The highest BCUT2D eigenvalue weighted by atomic mass is 16.3. The van der Waals surface area contributed by atoms with Gasteiger partial charge in [0.2, 0.25) is 5.91 Å². The summed E-state index contributed by atoms with van der Waals surface area (Å²) in [4.78, 5) is 16.8. The summed E-state index contributed by atoms with van der Waals surface area (Å²) in [6.07, 6.45) is 2.66. The van der Waals surface area contributed by atoms with Crippen LogP contribution in [0.5, 0.6) is 0 Å². The first-order valence-electron chi connectivity index (χ1n) is 11.0. The van der Waals surface area contributed by atoms with Crippen molar-refractivity contribution >= 4 is 5.91 Å². The molecule has 30 heavy (non-hydrogen) atoms. The third kappa shape index (κ3) is 4.28. The van der Waals surface area contributed by atoms with Gasteiger partial charge >= 0.3 is 0 Å². The molecule has 0 spiro atoms. The predicted molar refractivity (Wildman–Crippen MR) is 119 cm³/mol. The van der Waals surface area contributed by atoms with Gasteiger partial charge in [0.05, 0.1) is 6.61 Å². The zero-order chi connectivity index (χ0) is 20.9. The van der Waals surface area contributed by atoms with Crippen molar-refractivity contribution in [1.82, 2.24) is 9.80 Å². The van der Waals surface area contributed by atoms with Crippen LogP contribution in [0.4, 0.5) is 0 Å². The van der Waals surface area contributed by atoms with E-state index in [1.165, 1.54) is 5.56 Å². The van der Waals surface area contributed by atoms with Crippen LogP contribution in [0, 0.1) is 11.8 Å². The highest BCUT2D eigenvalue weighted by molar-refractivity contribution is 5.75. The van der Waals surface area contributed by atoms with Gasteiger partial charge in [-0.3, -0.25) is 9.69 Å². The highest BCUT2D eigenvalue weighted by Crippen LogP contribution is 2.42. The first-order chi connectivity index (χ1) is 14.7. The lowest BCUT2D eigenvalue weighted by Crippen LogP contribution is -2.67. The molecule has 2 aliphatic heterocycles. The summed E-state index contributed by atoms with van der Waals surface area (Å²) >= 11 is 0. The summed E-state index contributed by atoms with van der Waals surface area (Å²) in [6.45, 7) is 4.69. The second-order valence-electron chi connectivity index (χ2n) is 8.22. The first kappa shape index (κ1) is 20.7. The van der Waals surface area contributed by atoms with E-state index in [9.17, 15) is 9.90 Å². The van der Waals surface area contributed by atoms with E-state index in [2.05, 4.69) is 41.0 Å². The Labute approximate surface area is 179 Å². The Morgan fingerprint density at radius 1 is 1.00 bits per heavy atom. The highest BCUT2D eigenvalue weighted by Gasteiger charge is 2.49. The summed E-state index contributed by atoms with van der Waals surface area (Å²) in [5, 5.41) is 10.1. The van der Waals surface area contributed by atoms with Crippen LogP contribution in [0.1, 0.15) is 48.8 Å². The van der Waals surface area contributed by atoms with Crippen LogP contribution in [0.15, 0.2) is 54.6 Å². The fourth-order valence-corrected chi connectivity index (χ4v) is 4.85. The maximum absolute atomic E-state index is 12.4. The van der Waals surface area contributed by atoms with Crippen molar-refractivity contribution in [3.8, 4) is 11.8 Å². The van der Waals surface area contributed by atoms with Crippen LogP contribution >= 0.6 is 0 Å². The van der Waals surface area contributed by atoms with Gasteiger partial charge in [0.1, 0.15) is 0 Å². The van der Waals surface area contributed by atoms with E-state index in [1.807, 2.05) is 42.2 Å². The van der Waals surface area contributed by atoms with Crippen molar-refractivity contribution in [3.05, 3.63) is 71.3 Å². The maximum atomic E-state index is 12.4. The van der Waals surface area contributed by atoms with Crippen LogP contribution in [0.3, 0.4) is 0 Å². The van der Waals surface area contributed by atoms with E-state index >= 15 is 0 Å². The zero-order valence-corrected chi connectivity index (χ0v) is 17.6. The number of hydrogen-bond donors (Lipinski definition) is 1. The molecule has 1 N–H and O–H groups in total. The summed E-state index contributed by atoms with van der Waals surface area (Å²) < 4.78 is 0. The van der Waals surface area contributed by atoms with Gasteiger partial charge in [0.25, 0.3) is 0 Å². The number of fused-ring (bicyclic) bond motifs is 1. The molecule has 0 radical (unpaired) electrons. The molecule has 156 valence electrons. The Morgan fingerprint density at radius 3 is 2.33 bits per heavy atom. The van der Waals surface area contributed by atoms with Crippen LogP contribution in [-0.2, 0) is 4.79 Å². The number of aliphatic hydroxyl groups excluding tert-OH is 1. The monoisotopic (exact) mass is 402 g/mol. The first-order valence-corrected chi connectivity index (χ1v) is 11.0. The normalized spacial score (nSPS) is 23.9. The van der Waals surface area contributed by atoms with E-state index in [0.717, 1.165) is 43.6 Å². The lowest BCUT2D eigenvalue weighted by atomic mass is 9.74. The van der Waals surface area contributed by atoms with E-state index in [-0.39, 0.29) is 30.5 Å². The number of rotatable bonds is 3. The predicted octanol–water partition coefficient (Wildman–Crippen LogP) is 3.25. The SMILES string of the molecule is CCC(=O)N1CCCCN2[C@H](CO)[C@@H](c3ccc(C#Cc4ccccc4)cc3)[C@@H]2C1. The molecule has 2 aliphatic rings. The van der Waals surface area contributed by atoms with Crippen LogP contribution < -0.4 is 0 Å². The van der Waals surface area contributed by atoms with Gasteiger partial charge < -0.3 is 10.0 Å². The molecule has 0 bridgehead atoms. The van der Waals surface area contributed by atoms with Crippen molar-refractivity contribution < 1.29 is 9.90 Å². The largest absolute Gasteiger partial charge is 0.395 e. The average molecular weight is 403 g/mol. The summed E-state index contributed by atoms with van der Waals surface area (Å²) in [5.41, 5.74) is 3.22. The van der Waals surface area contributed by atoms with Crippen molar-refractivity contribution in [3.63, 3.8) is 0 Å². The van der Waals surface area contributed by atoms with Crippen molar-refractivity contribution in [2.24, 2.45) is 0 Å². The van der Waals surface area contributed by atoms with E-state index in [1.54, 1.807) is 0 Å². The number of nitrogens with zero attached hydrogens (tertiary/aromatic N) is 2. The van der Waals surface area contributed by atoms with Crippen LogP contribution in [0.25, 0.3) is 0 Å². The maximum Gasteiger partial charge on any atom is 0.222 e. The molecule has 0 aromatic heterocycles. The molecular formula is C26H30N2O2. The Hall–Kier alpha value is -2.61. The Balaban J connectivity index is 1.53. The van der Waals surface area contributed by atoms with Gasteiger partial charge in [-0.15, -0.1) is 0 Å². The topological polar surface area (TPSA) is 43.8 Å². The van der Waals surface area contributed by atoms with Gasteiger partial charge in [-0.2, -0.15) is 0 Å². The Kier molecular flexibility index (Phi) is 6.52. The fraction of sp³-hybridized carbons (Fsp3) is 0.423. The Bertz CT molecular complexity index is 914. The molecule has 2 saturated heterocycles. The molecule has 4 heteroatoms. The van der Waals surface area contributed by atoms with Crippen LogP contribution in [0.2, 0.25) is 0 Å². The van der Waals surface area contributed by atoms with Crippen molar-refractivity contribution in [2.75, 3.05) is 26.2 Å². The third-order valence-corrected chi connectivity index (χ3v) is 6.45. The number of aliphatic hydroxyl groups is 1. The smallest absolute Gasteiger partial charge is 0.222 e. The minimum Gasteiger partial charge on any atom is -0.395 e. The molecule has 3 atom stereocenters. The molecule has 2 heterocycles. The molecular weight excluding hydrogens is 372 g/mol. The number of benzene rings is 2. The second-order valence-corrected chi connectivity index (χ2v) is 8.22. The van der Waals surface area contributed by atoms with E-state index in [0.29, 0.717) is 6.42 Å². The average Bonchev–Trinajstić information content (AvgIpc) is 2.77. The lowest BCUT2D eigenvalue weighted by Gasteiger charge is -2.57. The molecule has 0 aliphatic carbocycles. The number of amides is 1.